The molecule has 0 amide bonds. The highest BCUT2D eigenvalue weighted by Gasteiger charge is 2.49. The quantitative estimate of drug-likeness (QED) is 0.873. The minimum absolute atomic E-state index is 0.326. The minimum Gasteiger partial charge on any atom is -0.481 e. The van der Waals surface area contributed by atoms with Crippen molar-refractivity contribution in [2.24, 2.45) is 5.41 Å². The van der Waals surface area contributed by atoms with E-state index >= 15 is 0 Å². The SMILES string of the molecule is Cc1ncccc1CN1CC[C@@H](O)[C@](Cc2ccccc2)(C(=O)O)C1. The van der Waals surface area contributed by atoms with E-state index in [0.717, 1.165) is 16.8 Å². The van der Waals surface area contributed by atoms with Gasteiger partial charge in [-0.25, -0.2) is 0 Å². The van der Waals surface area contributed by atoms with E-state index in [0.29, 0.717) is 32.5 Å². The second-order valence-electron chi connectivity index (χ2n) is 6.89. The fraction of sp³-hybridized carbons (Fsp3) is 0.400. The summed E-state index contributed by atoms with van der Waals surface area (Å²) in [6, 6.07) is 13.5. The third-order valence-electron chi connectivity index (χ3n) is 5.16. The van der Waals surface area contributed by atoms with Crippen LogP contribution in [0.1, 0.15) is 23.2 Å². The fourth-order valence-electron chi connectivity index (χ4n) is 3.64. The number of piperidine rings is 1. The molecule has 2 heterocycles. The van der Waals surface area contributed by atoms with E-state index in [9.17, 15) is 15.0 Å². The monoisotopic (exact) mass is 340 g/mol. The molecule has 1 aliphatic rings. The average Bonchev–Trinajstić information content (AvgIpc) is 2.60. The molecule has 1 saturated heterocycles. The Morgan fingerprint density at radius 1 is 1.28 bits per heavy atom. The normalized spacial score (nSPS) is 24.2. The number of carbonyl (C=O) groups is 1. The van der Waals surface area contributed by atoms with E-state index in [-0.39, 0.29) is 0 Å². The number of nitrogens with zero attached hydrogens (tertiary/aromatic N) is 2. The van der Waals surface area contributed by atoms with Gasteiger partial charge in [0.05, 0.1) is 6.10 Å². The lowest BCUT2D eigenvalue weighted by Gasteiger charge is -2.43. The molecule has 1 aromatic carbocycles. The first-order chi connectivity index (χ1) is 12.0. The van der Waals surface area contributed by atoms with E-state index < -0.39 is 17.5 Å². The lowest BCUT2D eigenvalue weighted by molar-refractivity contribution is -0.163. The number of likely N-dealkylation sites (tertiary alicyclic amines) is 1. The topological polar surface area (TPSA) is 73.7 Å². The van der Waals surface area contributed by atoms with E-state index in [1.807, 2.05) is 49.4 Å². The van der Waals surface area contributed by atoms with Crippen LogP contribution < -0.4 is 0 Å². The summed E-state index contributed by atoms with van der Waals surface area (Å²) in [5.41, 5.74) is 1.80. The zero-order chi connectivity index (χ0) is 17.9. The summed E-state index contributed by atoms with van der Waals surface area (Å²) in [5, 5.41) is 20.5. The number of carboxylic acids is 1. The van der Waals surface area contributed by atoms with Crippen LogP contribution in [0.25, 0.3) is 0 Å². The van der Waals surface area contributed by atoms with Gasteiger partial charge in [-0.2, -0.15) is 0 Å². The number of aliphatic hydroxyl groups excluding tert-OH is 1. The summed E-state index contributed by atoms with van der Waals surface area (Å²) >= 11 is 0. The van der Waals surface area contributed by atoms with Gasteiger partial charge in [-0.1, -0.05) is 36.4 Å². The lowest BCUT2D eigenvalue weighted by Crippen LogP contribution is -2.56. The number of carboxylic acid groups (broad SMARTS) is 1. The number of aromatic nitrogens is 1. The van der Waals surface area contributed by atoms with E-state index in [1.165, 1.54) is 0 Å². The van der Waals surface area contributed by atoms with Gasteiger partial charge in [0.1, 0.15) is 5.41 Å². The maximum atomic E-state index is 12.2. The zero-order valence-electron chi connectivity index (χ0n) is 14.4. The fourth-order valence-corrected chi connectivity index (χ4v) is 3.64. The van der Waals surface area contributed by atoms with Crippen molar-refractivity contribution in [2.45, 2.75) is 32.4 Å². The molecule has 0 bridgehead atoms. The Morgan fingerprint density at radius 3 is 2.72 bits per heavy atom. The summed E-state index contributed by atoms with van der Waals surface area (Å²) in [6.07, 6.45) is 1.69. The number of aliphatic hydroxyl groups is 1. The third-order valence-corrected chi connectivity index (χ3v) is 5.16. The number of hydrogen-bond donors (Lipinski definition) is 2. The van der Waals surface area contributed by atoms with Crippen molar-refractivity contribution in [2.75, 3.05) is 13.1 Å². The number of benzene rings is 1. The van der Waals surface area contributed by atoms with Gasteiger partial charge in [0.15, 0.2) is 0 Å². The van der Waals surface area contributed by atoms with Gasteiger partial charge in [-0.05, 0) is 37.0 Å². The molecule has 1 fully saturated rings. The molecule has 3 rings (SSSR count). The van der Waals surface area contributed by atoms with E-state index in [1.54, 1.807) is 6.20 Å². The molecule has 2 N–H and O–H groups in total. The number of pyridine rings is 1. The number of rotatable bonds is 5. The lowest BCUT2D eigenvalue weighted by atomic mass is 9.72. The van der Waals surface area contributed by atoms with Crippen molar-refractivity contribution in [1.29, 1.82) is 0 Å². The van der Waals surface area contributed by atoms with Gasteiger partial charge in [0.2, 0.25) is 0 Å². The predicted molar refractivity (Wildman–Crippen MR) is 95.1 cm³/mol. The Morgan fingerprint density at radius 2 is 2.04 bits per heavy atom. The van der Waals surface area contributed by atoms with Crippen LogP contribution in [0.4, 0.5) is 0 Å². The maximum absolute atomic E-state index is 12.2. The molecule has 2 atom stereocenters. The minimum atomic E-state index is -1.18. The van der Waals surface area contributed by atoms with Crippen molar-refractivity contribution in [1.82, 2.24) is 9.88 Å². The molecule has 1 aromatic heterocycles. The highest BCUT2D eigenvalue weighted by Crippen LogP contribution is 2.35. The van der Waals surface area contributed by atoms with E-state index in [4.69, 9.17) is 0 Å². The largest absolute Gasteiger partial charge is 0.481 e. The Bertz CT molecular complexity index is 735. The summed E-state index contributed by atoms with van der Waals surface area (Å²) in [4.78, 5) is 18.6. The molecule has 0 aliphatic carbocycles. The summed E-state index contributed by atoms with van der Waals surface area (Å²) < 4.78 is 0. The summed E-state index contributed by atoms with van der Waals surface area (Å²) in [7, 11) is 0. The first kappa shape index (κ1) is 17.6. The number of hydrogen-bond acceptors (Lipinski definition) is 4. The molecular weight excluding hydrogens is 316 g/mol. The standard InChI is InChI=1S/C20H24N2O3/c1-15-17(8-5-10-21-15)13-22-11-9-18(23)20(14-22,19(24)25)12-16-6-3-2-4-7-16/h2-8,10,18,23H,9,11-14H2,1H3,(H,24,25)/t18-,20-/m1/s1. The van der Waals surface area contributed by atoms with Crippen LogP contribution in [0.3, 0.4) is 0 Å². The Kier molecular flexibility index (Phi) is 5.16. The van der Waals surface area contributed by atoms with Gasteiger partial charge in [-0.3, -0.25) is 14.7 Å². The predicted octanol–water partition coefficient (Wildman–Crippen LogP) is 2.27. The molecule has 25 heavy (non-hydrogen) atoms. The Balaban J connectivity index is 1.84. The first-order valence-corrected chi connectivity index (χ1v) is 8.59. The Hall–Kier alpha value is -2.24. The zero-order valence-corrected chi connectivity index (χ0v) is 14.4. The first-order valence-electron chi connectivity index (χ1n) is 8.59. The van der Waals surface area contributed by atoms with Crippen LogP contribution in [-0.4, -0.2) is 45.3 Å². The second-order valence-corrected chi connectivity index (χ2v) is 6.89. The van der Waals surface area contributed by atoms with Crippen molar-refractivity contribution in [3.05, 3.63) is 65.5 Å². The molecule has 0 spiro atoms. The van der Waals surface area contributed by atoms with Gasteiger partial charge >= 0.3 is 5.97 Å². The highest BCUT2D eigenvalue weighted by atomic mass is 16.4. The summed E-state index contributed by atoms with van der Waals surface area (Å²) in [6.45, 7) is 3.62. The molecule has 0 saturated carbocycles. The third kappa shape index (κ3) is 3.72. The molecule has 5 heteroatoms. The van der Waals surface area contributed by atoms with Crippen molar-refractivity contribution >= 4 is 5.97 Å². The average molecular weight is 340 g/mol. The van der Waals surface area contributed by atoms with Crippen LogP contribution in [0.15, 0.2) is 48.7 Å². The molecule has 1 aliphatic heterocycles. The van der Waals surface area contributed by atoms with E-state index in [2.05, 4.69) is 9.88 Å². The smallest absolute Gasteiger partial charge is 0.313 e. The van der Waals surface area contributed by atoms with Crippen LogP contribution in [0.5, 0.6) is 0 Å². The van der Waals surface area contributed by atoms with Crippen LogP contribution in [0, 0.1) is 12.3 Å². The van der Waals surface area contributed by atoms with Gasteiger partial charge in [0, 0.05) is 31.5 Å². The van der Waals surface area contributed by atoms with Crippen molar-refractivity contribution in [3.8, 4) is 0 Å². The second kappa shape index (κ2) is 7.33. The van der Waals surface area contributed by atoms with Crippen molar-refractivity contribution in [3.63, 3.8) is 0 Å². The number of aliphatic carboxylic acids is 1. The highest BCUT2D eigenvalue weighted by molar-refractivity contribution is 5.76. The molecule has 5 nitrogen and oxygen atoms in total. The molecule has 0 unspecified atom stereocenters. The van der Waals surface area contributed by atoms with Gasteiger partial charge in [0.25, 0.3) is 0 Å². The van der Waals surface area contributed by atoms with Crippen LogP contribution in [-0.2, 0) is 17.8 Å². The molecule has 0 radical (unpaired) electrons. The molecular formula is C20H24N2O3. The van der Waals surface area contributed by atoms with Gasteiger partial charge in [-0.15, -0.1) is 0 Å². The number of aryl methyl sites for hydroxylation is 1. The van der Waals surface area contributed by atoms with Crippen molar-refractivity contribution < 1.29 is 15.0 Å². The van der Waals surface area contributed by atoms with Gasteiger partial charge < -0.3 is 10.2 Å². The van der Waals surface area contributed by atoms with Crippen LogP contribution in [0.2, 0.25) is 0 Å². The molecule has 132 valence electrons. The Labute approximate surface area is 147 Å². The molecule has 2 aromatic rings. The summed E-state index contributed by atoms with van der Waals surface area (Å²) in [5.74, 6) is -0.934. The maximum Gasteiger partial charge on any atom is 0.313 e. The van der Waals surface area contributed by atoms with Crippen LogP contribution >= 0.6 is 0 Å².